The van der Waals surface area contributed by atoms with Gasteiger partial charge in [0.1, 0.15) is 5.75 Å². The standard InChI is InChI=1S/C15H12F6N2O/c16-14(17,18)13(15(19,20)21,8-2-1-3-10(22)6-8)9-4-5-12(24)11(23)7-9/h1-7,24H,22-23H2. The van der Waals surface area contributed by atoms with Crippen molar-refractivity contribution in [2.75, 3.05) is 11.5 Å². The molecule has 0 saturated carbocycles. The van der Waals surface area contributed by atoms with E-state index in [-0.39, 0.29) is 5.69 Å². The number of hydrogen-bond donors (Lipinski definition) is 3. The Bertz CT molecular complexity index is 740. The smallest absolute Gasteiger partial charge is 0.411 e. The van der Waals surface area contributed by atoms with Crippen LogP contribution in [0, 0.1) is 0 Å². The summed E-state index contributed by atoms with van der Waals surface area (Å²) < 4.78 is 82.5. The molecule has 0 radical (unpaired) electrons. The summed E-state index contributed by atoms with van der Waals surface area (Å²) in [5.41, 5.74) is 3.23. The van der Waals surface area contributed by atoms with Crippen molar-refractivity contribution in [2.45, 2.75) is 17.8 Å². The van der Waals surface area contributed by atoms with E-state index < -0.39 is 40.3 Å². The summed E-state index contributed by atoms with van der Waals surface area (Å²) in [5, 5.41) is 9.32. The van der Waals surface area contributed by atoms with Crippen LogP contribution in [0.5, 0.6) is 5.75 Å². The van der Waals surface area contributed by atoms with Crippen LogP contribution in [0.25, 0.3) is 0 Å². The van der Waals surface area contributed by atoms with Gasteiger partial charge in [-0.15, -0.1) is 0 Å². The minimum absolute atomic E-state index is 0.253. The summed E-state index contributed by atoms with van der Waals surface area (Å²) in [6, 6.07) is 5.16. The topological polar surface area (TPSA) is 72.3 Å². The normalized spacial score (nSPS) is 13.1. The summed E-state index contributed by atoms with van der Waals surface area (Å²) in [7, 11) is 0. The second-order valence-electron chi connectivity index (χ2n) is 5.14. The largest absolute Gasteiger partial charge is 0.506 e. The molecular formula is C15H12F6N2O. The maximum Gasteiger partial charge on any atom is 0.411 e. The third-order valence-electron chi connectivity index (χ3n) is 3.63. The summed E-state index contributed by atoms with van der Waals surface area (Å²) >= 11 is 0. The van der Waals surface area contributed by atoms with Gasteiger partial charge in [-0.3, -0.25) is 0 Å². The highest BCUT2D eigenvalue weighted by Crippen LogP contribution is 2.56. The Morgan fingerprint density at radius 1 is 0.750 bits per heavy atom. The minimum atomic E-state index is -5.73. The Balaban J connectivity index is 2.94. The molecule has 0 spiro atoms. The van der Waals surface area contributed by atoms with Crippen LogP contribution < -0.4 is 11.5 Å². The fourth-order valence-electron chi connectivity index (χ4n) is 2.54. The first-order valence-electron chi connectivity index (χ1n) is 6.49. The van der Waals surface area contributed by atoms with Gasteiger partial charge in [-0.25, -0.2) is 0 Å². The number of nitrogen functional groups attached to an aromatic ring is 2. The highest BCUT2D eigenvalue weighted by atomic mass is 19.4. The Morgan fingerprint density at radius 2 is 1.29 bits per heavy atom. The summed E-state index contributed by atoms with van der Waals surface area (Å²) in [6.07, 6.45) is -11.5. The molecular weight excluding hydrogens is 338 g/mol. The van der Waals surface area contributed by atoms with Gasteiger partial charge in [0.25, 0.3) is 0 Å². The third kappa shape index (κ3) is 2.59. The number of alkyl halides is 6. The molecule has 0 fully saturated rings. The van der Waals surface area contributed by atoms with Crippen LogP contribution in [-0.2, 0) is 5.41 Å². The molecule has 24 heavy (non-hydrogen) atoms. The molecule has 0 heterocycles. The zero-order valence-corrected chi connectivity index (χ0v) is 11.9. The molecule has 2 aromatic carbocycles. The van der Waals surface area contributed by atoms with Gasteiger partial charge in [-0.1, -0.05) is 18.2 Å². The van der Waals surface area contributed by atoms with Gasteiger partial charge in [-0.2, -0.15) is 26.3 Å². The van der Waals surface area contributed by atoms with E-state index in [4.69, 9.17) is 11.5 Å². The zero-order valence-electron chi connectivity index (χ0n) is 11.9. The Morgan fingerprint density at radius 3 is 1.75 bits per heavy atom. The second kappa shape index (κ2) is 5.50. The van der Waals surface area contributed by atoms with Crippen LogP contribution in [0.1, 0.15) is 11.1 Å². The fourth-order valence-corrected chi connectivity index (χ4v) is 2.54. The zero-order chi connectivity index (χ0) is 18.3. The summed E-state index contributed by atoms with van der Waals surface area (Å²) in [6.45, 7) is 0. The fraction of sp³-hybridized carbons (Fsp3) is 0.200. The lowest BCUT2D eigenvalue weighted by molar-refractivity contribution is -0.288. The van der Waals surface area contributed by atoms with Gasteiger partial charge in [0.05, 0.1) is 5.69 Å². The average Bonchev–Trinajstić information content (AvgIpc) is 2.40. The van der Waals surface area contributed by atoms with Crippen molar-refractivity contribution in [3.8, 4) is 5.75 Å². The number of hydrogen-bond acceptors (Lipinski definition) is 3. The van der Waals surface area contributed by atoms with E-state index in [1.165, 1.54) is 6.07 Å². The molecule has 0 aliphatic heterocycles. The van der Waals surface area contributed by atoms with Crippen LogP contribution in [0.3, 0.4) is 0 Å². The number of phenolic OH excluding ortho intramolecular Hbond substituents is 1. The van der Waals surface area contributed by atoms with E-state index in [1.54, 1.807) is 0 Å². The molecule has 0 bridgehead atoms. The lowest BCUT2D eigenvalue weighted by atomic mass is 9.72. The van der Waals surface area contributed by atoms with E-state index in [2.05, 4.69) is 0 Å². The predicted molar refractivity (Wildman–Crippen MR) is 76.3 cm³/mol. The molecule has 3 nitrogen and oxygen atoms in total. The first-order valence-corrected chi connectivity index (χ1v) is 6.49. The number of aromatic hydroxyl groups is 1. The van der Waals surface area contributed by atoms with Gasteiger partial charge in [0.15, 0.2) is 0 Å². The molecule has 0 aromatic heterocycles. The summed E-state index contributed by atoms with van der Waals surface area (Å²) in [4.78, 5) is 0. The number of nitrogens with two attached hydrogens (primary N) is 2. The van der Waals surface area contributed by atoms with Gasteiger partial charge in [0.2, 0.25) is 5.41 Å². The van der Waals surface area contributed by atoms with E-state index in [1.807, 2.05) is 0 Å². The Kier molecular flexibility index (Phi) is 4.07. The molecule has 0 saturated heterocycles. The molecule has 9 heteroatoms. The SMILES string of the molecule is Nc1cccc(C(c2ccc(O)c(N)c2)(C(F)(F)F)C(F)(F)F)c1. The first kappa shape index (κ1) is 17.8. The van der Waals surface area contributed by atoms with Crippen LogP contribution in [0.4, 0.5) is 37.7 Å². The maximum atomic E-state index is 13.7. The molecule has 5 N–H and O–H groups in total. The molecule has 2 rings (SSSR count). The molecule has 0 aliphatic carbocycles. The van der Waals surface area contributed by atoms with Crippen LogP contribution >= 0.6 is 0 Å². The van der Waals surface area contributed by atoms with Crippen molar-refractivity contribution in [1.82, 2.24) is 0 Å². The lowest BCUT2D eigenvalue weighted by Gasteiger charge is -2.38. The first-order chi connectivity index (χ1) is 10.9. The predicted octanol–water partition coefficient (Wildman–Crippen LogP) is 3.97. The molecule has 2 aromatic rings. The van der Waals surface area contributed by atoms with Gasteiger partial charge < -0.3 is 16.6 Å². The number of halogens is 6. The highest BCUT2D eigenvalue weighted by Gasteiger charge is 2.72. The minimum Gasteiger partial charge on any atom is -0.506 e. The van der Waals surface area contributed by atoms with E-state index in [0.29, 0.717) is 30.3 Å². The van der Waals surface area contributed by atoms with Crippen molar-refractivity contribution < 1.29 is 31.4 Å². The highest BCUT2D eigenvalue weighted by molar-refractivity contribution is 5.58. The monoisotopic (exact) mass is 350 g/mol. The van der Waals surface area contributed by atoms with Crippen molar-refractivity contribution in [3.05, 3.63) is 53.6 Å². The average molecular weight is 350 g/mol. The molecule has 0 atom stereocenters. The van der Waals surface area contributed by atoms with Crippen molar-refractivity contribution >= 4 is 11.4 Å². The van der Waals surface area contributed by atoms with E-state index in [9.17, 15) is 31.4 Å². The molecule has 0 unspecified atom stereocenters. The number of phenols is 1. The third-order valence-corrected chi connectivity index (χ3v) is 3.63. The van der Waals surface area contributed by atoms with E-state index >= 15 is 0 Å². The second-order valence-corrected chi connectivity index (χ2v) is 5.14. The molecule has 130 valence electrons. The van der Waals surface area contributed by atoms with Gasteiger partial charge in [-0.05, 0) is 35.4 Å². The van der Waals surface area contributed by atoms with Crippen LogP contribution in [0.2, 0.25) is 0 Å². The van der Waals surface area contributed by atoms with Gasteiger partial charge in [0, 0.05) is 5.69 Å². The quantitative estimate of drug-likeness (QED) is 0.436. The summed E-state index contributed by atoms with van der Waals surface area (Å²) in [5.74, 6) is -0.621. The molecule has 0 aliphatic rings. The number of anilines is 2. The van der Waals surface area contributed by atoms with Crippen molar-refractivity contribution in [2.24, 2.45) is 0 Å². The maximum absolute atomic E-state index is 13.7. The van der Waals surface area contributed by atoms with Crippen molar-refractivity contribution in [1.29, 1.82) is 0 Å². The number of benzene rings is 2. The van der Waals surface area contributed by atoms with E-state index in [0.717, 1.165) is 6.07 Å². The Hall–Kier alpha value is -2.58. The molecule has 0 amide bonds. The Labute approximate surface area is 132 Å². The lowest BCUT2D eigenvalue weighted by Crippen LogP contribution is -2.54. The van der Waals surface area contributed by atoms with Crippen LogP contribution in [0.15, 0.2) is 42.5 Å². The van der Waals surface area contributed by atoms with Gasteiger partial charge >= 0.3 is 12.4 Å². The van der Waals surface area contributed by atoms with Crippen molar-refractivity contribution in [3.63, 3.8) is 0 Å². The van der Waals surface area contributed by atoms with Crippen LogP contribution in [-0.4, -0.2) is 17.5 Å². The number of rotatable bonds is 2.